The molecule has 5 heteroatoms. The number of hydrogen-bond acceptors (Lipinski definition) is 4. The predicted molar refractivity (Wildman–Crippen MR) is 75.9 cm³/mol. The van der Waals surface area contributed by atoms with Gasteiger partial charge in [0.05, 0.1) is 17.9 Å². The van der Waals surface area contributed by atoms with Gasteiger partial charge in [-0.1, -0.05) is 0 Å². The molecular formula is C15H20N2O3. The Hall–Kier alpha value is -2.04. The average Bonchev–Trinajstić information content (AvgIpc) is 2.70. The molecule has 0 aromatic carbocycles. The van der Waals surface area contributed by atoms with Gasteiger partial charge >= 0.3 is 5.97 Å². The molecule has 1 aliphatic carbocycles. The van der Waals surface area contributed by atoms with Crippen molar-refractivity contribution in [3.05, 3.63) is 34.3 Å². The molecule has 0 bridgehead atoms. The predicted octanol–water partition coefficient (Wildman–Crippen LogP) is 2.07. The Morgan fingerprint density at radius 2 is 2.10 bits per heavy atom. The van der Waals surface area contributed by atoms with Crippen LogP contribution in [-0.2, 0) is 11.2 Å². The van der Waals surface area contributed by atoms with Gasteiger partial charge in [0.25, 0.3) is 0 Å². The minimum absolute atomic E-state index is 0.0291. The van der Waals surface area contributed by atoms with E-state index in [2.05, 4.69) is 4.98 Å². The number of carbonyl (C=O) groups excluding carboxylic acids is 2. The molecule has 1 aromatic heterocycles. The maximum absolute atomic E-state index is 12.4. The van der Waals surface area contributed by atoms with E-state index in [4.69, 9.17) is 4.74 Å². The van der Waals surface area contributed by atoms with Crippen molar-refractivity contribution in [2.45, 2.75) is 26.7 Å². The van der Waals surface area contributed by atoms with E-state index in [0.29, 0.717) is 36.4 Å². The van der Waals surface area contributed by atoms with Crippen molar-refractivity contribution in [1.29, 1.82) is 0 Å². The van der Waals surface area contributed by atoms with Crippen LogP contribution in [0.4, 0.5) is 0 Å². The number of fused-ring (bicyclic) bond motifs is 1. The molecule has 1 N–H and O–H groups in total. The first kappa shape index (κ1) is 14.4. The highest BCUT2D eigenvalue weighted by molar-refractivity contribution is 6.11. The number of nitrogens with one attached hydrogen (secondary N) is 1. The Morgan fingerprint density at radius 1 is 1.40 bits per heavy atom. The van der Waals surface area contributed by atoms with Crippen molar-refractivity contribution < 1.29 is 14.3 Å². The number of carbonyl (C=O) groups is 2. The summed E-state index contributed by atoms with van der Waals surface area (Å²) >= 11 is 0. The van der Waals surface area contributed by atoms with Crippen molar-refractivity contribution in [3.63, 3.8) is 0 Å². The molecule has 0 saturated carbocycles. The number of allylic oxidation sites excluding steroid dienone is 1. The van der Waals surface area contributed by atoms with Crippen molar-refractivity contribution in [1.82, 2.24) is 9.88 Å². The molecule has 20 heavy (non-hydrogen) atoms. The van der Waals surface area contributed by atoms with Crippen LogP contribution in [0, 0.1) is 6.92 Å². The molecule has 1 heterocycles. The van der Waals surface area contributed by atoms with Gasteiger partial charge in [-0.3, -0.25) is 4.79 Å². The van der Waals surface area contributed by atoms with Gasteiger partial charge in [-0.15, -0.1) is 0 Å². The van der Waals surface area contributed by atoms with Crippen molar-refractivity contribution in [3.8, 4) is 0 Å². The summed E-state index contributed by atoms with van der Waals surface area (Å²) in [6, 6.07) is 0. The SMILES string of the molecule is CCOC(=O)c1c(C)[nH]c2c1CCC(=CN(C)C)C2=O. The normalized spacial score (nSPS) is 16.2. The molecule has 1 aromatic rings. The first-order chi connectivity index (χ1) is 9.45. The van der Waals surface area contributed by atoms with Crippen LogP contribution in [0.25, 0.3) is 0 Å². The van der Waals surface area contributed by atoms with Crippen molar-refractivity contribution in [2.75, 3.05) is 20.7 Å². The van der Waals surface area contributed by atoms with Crippen LogP contribution in [-0.4, -0.2) is 42.3 Å². The molecule has 1 aliphatic rings. The van der Waals surface area contributed by atoms with Crippen LogP contribution >= 0.6 is 0 Å². The largest absolute Gasteiger partial charge is 0.462 e. The van der Waals surface area contributed by atoms with Gasteiger partial charge in [0, 0.05) is 31.6 Å². The second kappa shape index (κ2) is 5.53. The van der Waals surface area contributed by atoms with Gasteiger partial charge < -0.3 is 14.6 Å². The number of ketones is 1. The molecule has 0 fully saturated rings. The number of Topliss-reactive ketones (excluding diaryl/α,β-unsaturated/α-hetero) is 1. The van der Waals surface area contributed by atoms with Crippen LogP contribution in [0.15, 0.2) is 11.8 Å². The van der Waals surface area contributed by atoms with Crippen molar-refractivity contribution >= 4 is 11.8 Å². The first-order valence-electron chi connectivity index (χ1n) is 6.76. The van der Waals surface area contributed by atoms with Crippen LogP contribution in [0.3, 0.4) is 0 Å². The highest BCUT2D eigenvalue weighted by Gasteiger charge is 2.30. The number of H-pyrrole nitrogens is 1. The van der Waals surface area contributed by atoms with Crippen LogP contribution < -0.4 is 0 Å². The van der Waals surface area contributed by atoms with Crippen LogP contribution in [0.5, 0.6) is 0 Å². The number of aromatic amines is 1. The minimum atomic E-state index is -0.352. The van der Waals surface area contributed by atoms with Gasteiger partial charge in [-0.05, 0) is 32.3 Å². The molecular weight excluding hydrogens is 256 g/mol. The fourth-order valence-corrected chi connectivity index (χ4v) is 2.57. The third kappa shape index (κ3) is 2.48. The zero-order chi connectivity index (χ0) is 14.9. The molecule has 0 saturated heterocycles. The fraction of sp³-hybridized carbons (Fsp3) is 0.467. The molecule has 0 aliphatic heterocycles. The fourth-order valence-electron chi connectivity index (χ4n) is 2.57. The number of rotatable bonds is 3. The molecule has 0 unspecified atom stereocenters. The lowest BCUT2D eigenvalue weighted by Gasteiger charge is -2.17. The van der Waals surface area contributed by atoms with Gasteiger partial charge in [0.15, 0.2) is 0 Å². The Morgan fingerprint density at radius 3 is 2.70 bits per heavy atom. The number of aryl methyl sites for hydroxylation is 1. The summed E-state index contributed by atoms with van der Waals surface area (Å²) in [6.07, 6.45) is 3.17. The zero-order valence-electron chi connectivity index (χ0n) is 12.4. The lowest BCUT2D eigenvalue weighted by molar-refractivity contribution is 0.0524. The summed E-state index contributed by atoms with van der Waals surface area (Å²) in [5, 5.41) is 0. The highest BCUT2D eigenvalue weighted by atomic mass is 16.5. The number of esters is 1. The van der Waals surface area contributed by atoms with E-state index in [9.17, 15) is 9.59 Å². The summed E-state index contributed by atoms with van der Waals surface area (Å²) in [7, 11) is 3.78. The van der Waals surface area contributed by atoms with E-state index in [1.54, 1.807) is 13.8 Å². The third-order valence-corrected chi connectivity index (χ3v) is 3.35. The van der Waals surface area contributed by atoms with Gasteiger partial charge in [0.1, 0.15) is 0 Å². The lowest BCUT2D eigenvalue weighted by atomic mass is 9.90. The Balaban J connectivity index is 2.42. The van der Waals surface area contributed by atoms with E-state index < -0.39 is 0 Å². The second-order valence-corrected chi connectivity index (χ2v) is 5.15. The number of nitrogens with zero attached hydrogens (tertiary/aromatic N) is 1. The van der Waals surface area contributed by atoms with E-state index >= 15 is 0 Å². The van der Waals surface area contributed by atoms with Gasteiger partial charge in [0.2, 0.25) is 5.78 Å². The topological polar surface area (TPSA) is 62.4 Å². The Kier molecular flexibility index (Phi) is 3.97. The summed E-state index contributed by atoms with van der Waals surface area (Å²) in [5.41, 5.74) is 3.32. The smallest absolute Gasteiger partial charge is 0.340 e. The molecule has 0 amide bonds. The third-order valence-electron chi connectivity index (χ3n) is 3.35. The van der Waals surface area contributed by atoms with Crippen LogP contribution in [0.2, 0.25) is 0 Å². The molecule has 2 rings (SSSR count). The van der Waals surface area contributed by atoms with Gasteiger partial charge in [-0.25, -0.2) is 4.79 Å². The Bertz CT molecular complexity index is 582. The average molecular weight is 276 g/mol. The van der Waals surface area contributed by atoms with E-state index in [1.807, 2.05) is 25.2 Å². The van der Waals surface area contributed by atoms with Gasteiger partial charge in [-0.2, -0.15) is 0 Å². The number of ether oxygens (including phenoxy) is 1. The molecule has 0 radical (unpaired) electrons. The maximum atomic E-state index is 12.4. The first-order valence-corrected chi connectivity index (χ1v) is 6.76. The zero-order valence-corrected chi connectivity index (χ0v) is 12.4. The number of hydrogen-bond donors (Lipinski definition) is 1. The summed E-state index contributed by atoms with van der Waals surface area (Å²) in [5.74, 6) is -0.381. The molecule has 5 nitrogen and oxygen atoms in total. The maximum Gasteiger partial charge on any atom is 0.340 e. The summed E-state index contributed by atoms with van der Waals surface area (Å²) in [6.45, 7) is 3.90. The van der Waals surface area contributed by atoms with E-state index in [0.717, 1.165) is 11.1 Å². The van der Waals surface area contributed by atoms with Crippen LogP contribution in [0.1, 0.15) is 45.4 Å². The molecule has 108 valence electrons. The molecule has 0 atom stereocenters. The summed E-state index contributed by atoms with van der Waals surface area (Å²) in [4.78, 5) is 29.3. The Labute approximate surface area is 118 Å². The van der Waals surface area contributed by atoms with E-state index in [-0.39, 0.29) is 11.8 Å². The standard InChI is InChI=1S/C15H20N2O3/c1-5-20-15(19)12-9(2)16-13-11(12)7-6-10(14(13)18)8-17(3)4/h8,16H,5-7H2,1-4H3. The summed E-state index contributed by atoms with van der Waals surface area (Å²) < 4.78 is 5.07. The highest BCUT2D eigenvalue weighted by Crippen LogP contribution is 2.30. The van der Waals surface area contributed by atoms with E-state index in [1.165, 1.54) is 0 Å². The monoisotopic (exact) mass is 276 g/mol. The number of aromatic nitrogens is 1. The van der Waals surface area contributed by atoms with Crippen molar-refractivity contribution in [2.24, 2.45) is 0 Å². The minimum Gasteiger partial charge on any atom is -0.462 e. The lowest BCUT2D eigenvalue weighted by Crippen LogP contribution is -2.18. The molecule has 0 spiro atoms. The second-order valence-electron chi connectivity index (χ2n) is 5.15. The quantitative estimate of drug-likeness (QED) is 0.678.